The van der Waals surface area contributed by atoms with Crippen molar-refractivity contribution < 1.29 is 14.3 Å². The van der Waals surface area contributed by atoms with E-state index in [1.807, 2.05) is 37.4 Å². The van der Waals surface area contributed by atoms with E-state index in [0.717, 1.165) is 60.5 Å². The van der Waals surface area contributed by atoms with E-state index in [2.05, 4.69) is 28.2 Å². The summed E-state index contributed by atoms with van der Waals surface area (Å²) in [5.74, 6) is 3.45. The van der Waals surface area contributed by atoms with E-state index < -0.39 is 0 Å². The lowest BCUT2D eigenvalue weighted by atomic mass is 10.1. The van der Waals surface area contributed by atoms with Gasteiger partial charge in [-0.15, -0.1) is 0 Å². The van der Waals surface area contributed by atoms with Gasteiger partial charge in [0.15, 0.2) is 0 Å². The first-order valence-corrected chi connectivity index (χ1v) is 10.9. The summed E-state index contributed by atoms with van der Waals surface area (Å²) in [4.78, 5) is 18.2. The fraction of sp³-hybridized carbons (Fsp3) is 0.500. The number of carbonyl (C=O) groups excluding carboxylic acids is 1. The van der Waals surface area contributed by atoms with Gasteiger partial charge in [-0.3, -0.25) is 4.79 Å². The Morgan fingerprint density at radius 2 is 2.00 bits per heavy atom. The van der Waals surface area contributed by atoms with Gasteiger partial charge in [-0.05, 0) is 61.9 Å². The molecule has 2 aromatic rings. The van der Waals surface area contributed by atoms with E-state index in [1.54, 1.807) is 0 Å². The van der Waals surface area contributed by atoms with Crippen LogP contribution in [0.25, 0.3) is 0 Å². The van der Waals surface area contributed by atoms with E-state index >= 15 is 0 Å². The van der Waals surface area contributed by atoms with E-state index in [0.29, 0.717) is 0 Å². The molecule has 0 unspecified atom stereocenters. The number of ether oxygens (including phenoxy) is 2. The van der Waals surface area contributed by atoms with Crippen molar-refractivity contribution in [3.63, 3.8) is 0 Å². The maximum Gasteiger partial charge on any atom is 0.217 e. The number of aromatic nitrogens is 1. The molecular formula is C24H31N3O3. The van der Waals surface area contributed by atoms with Crippen LogP contribution >= 0.6 is 0 Å². The zero-order chi connectivity index (χ0) is 21.1. The van der Waals surface area contributed by atoms with Gasteiger partial charge in [0.05, 0.1) is 25.4 Å². The maximum atomic E-state index is 11.2. The smallest absolute Gasteiger partial charge is 0.217 e. The van der Waals surface area contributed by atoms with Gasteiger partial charge in [0.25, 0.3) is 0 Å². The molecule has 1 saturated carbocycles. The molecule has 4 rings (SSSR count). The van der Waals surface area contributed by atoms with Crippen LogP contribution in [0.1, 0.15) is 50.3 Å². The van der Waals surface area contributed by atoms with Gasteiger partial charge in [0, 0.05) is 19.9 Å². The summed E-state index contributed by atoms with van der Waals surface area (Å²) in [6, 6.07) is 10.1. The van der Waals surface area contributed by atoms with Gasteiger partial charge in [-0.2, -0.15) is 0 Å². The largest absolute Gasteiger partial charge is 0.492 e. The number of anilines is 1. The number of benzene rings is 1. The number of hydrogen-bond acceptors (Lipinski definition) is 5. The number of rotatable bonds is 8. The summed E-state index contributed by atoms with van der Waals surface area (Å²) in [7, 11) is 0. The van der Waals surface area contributed by atoms with Gasteiger partial charge in [0.2, 0.25) is 5.91 Å². The minimum atomic E-state index is -0.0275. The normalized spacial score (nSPS) is 19.4. The van der Waals surface area contributed by atoms with Gasteiger partial charge >= 0.3 is 0 Å². The quantitative estimate of drug-likeness (QED) is 0.713. The number of nitrogens with zero attached hydrogens (tertiary/aromatic N) is 2. The molecule has 2 aliphatic rings. The van der Waals surface area contributed by atoms with Crippen LogP contribution in [0.4, 0.5) is 5.82 Å². The number of pyridine rings is 1. The molecule has 0 spiro atoms. The van der Waals surface area contributed by atoms with Crippen molar-refractivity contribution in [1.29, 1.82) is 0 Å². The molecular weight excluding hydrogens is 378 g/mol. The number of hydrogen-bond donors (Lipinski definition) is 1. The topological polar surface area (TPSA) is 63.7 Å². The highest BCUT2D eigenvalue weighted by molar-refractivity contribution is 5.73. The Morgan fingerprint density at radius 1 is 1.23 bits per heavy atom. The molecule has 1 N–H and O–H groups in total. The van der Waals surface area contributed by atoms with Crippen molar-refractivity contribution in [1.82, 2.24) is 10.3 Å². The van der Waals surface area contributed by atoms with Crippen LogP contribution in [-0.4, -0.2) is 36.7 Å². The second-order valence-corrected chi connectivity index (χ2v) is 8.53. The Morgan fingerprint density at radius 3 is 2.67 bits per heavy atom. The minimum absolute atomic E-state index is 0.0104. The number of amides is 1. The maximum absolute atomic E-state index is 11.2. The fourth-order valence-corrected chi connectivity index (χ4v) is 3.88. The first-order chi connectivity index (χ1) is 14.5. The van der Waals surface area contributed by atoms with Crippen LogP contribution in [0.15, 0.2) is 36.5 Å². The molecule has 1 saturated heterocycles. The van der Waals surface area contributed by atoms with Gasteiger partial charge < -0.3 is 19.7 Å². The van der Waals surface area contributed by atoms with Crippen molar-refractivity contribution >= 4 is 11.7 Å². The third-order valence-electron chi connectivity index (χ3n) is 5.76. The average Bonchev–Trinajstić information content (AvgIpc) is 3.44. The van der Waals surface area contributed by atoms with Crippen molar-refractivity contribution in [2.75, 3.05) is 24.6 Å². The molecule has 0 radical (unpaired) electrons. The van der Waals surface area contributed by atoms with Crippen LogP contribution in [0, 0.1) is 12.8 Å². The van der Waals surface area contributed by atoms with Crippen molar-refractivity contribution in [2.45, 2.75) is 52.2 Å². The van der Waals surface area contributed by atoms with E-state index in [-0.39, 0.29) is 18.1 Å². The number of aryl methyl sites for hydroxylation is 1. The number of nitrogens with one attached hydrogen (secondary N) is 1. The highest BCUT2D eigenvalue weighted by atomic mass is 16.5. The summed E-state index contributed by atoms with van der Waals surface area (Å²) in [6.07, 6.45) is 5.52. The Hall–Kier alpha value is -2.76. The molecule has 1 aromatic heterocycles. The summed E-state index contributed by atoms with van der Waals surface area (Å²) >= 11 is 0. The Labute approximate surface area is 178 Å². The van der Waals surface area contributed by atoms with E-state index in [4.69, 9.17) is 9.47 Å². The van der Waals surface area contributed by atoms with Crippen LogP contribution in [-0.2, 0) is 4.79 Å². The highest BCUT2D eigenvalue weighted by Crippen LogP contribution is 2.31. The lowest BCUT2D eigenvalue weighted by Crippen LogP contribution is -2.26. The van der Waals surface area contributed by atoms with Crippen LogP contribution in [0.3, 0.4) is 0 Å². The molecule has 2 heterocycles. The Balaban J connectivity index is 1.31. The standard InChI is InChI=1S/C24H31N3O3/c1-16-12-23(29-15-19-4-5-19)13-25-24(16)27-11-10-22(14-27)30-21-8-6-20(7-9-21)17(2)26-18(3)28/h6-9,12-13,17,19,22H,4-5,10-11,14-15H2,1-3H3,(H,26,28)/t17-,22+/m0/s1. The fourth-order valence-electron chi connectivity index (χ4n) is 3.88. The summed E-state index contributed by atoms with van der Waals surface area (Å²) in [6.45, 7) is 8.16. The summed E-state index contributed by atoms with van der Waals surface area (Å²) < 4.78 is 12.0. The SMILES string of the molecule is CC(=O)N[C@@H](C)c1ccc(O[C@@H]2CCN(c3ncc(OCC4CC4)cc3C)C2)cc1. The van der Waals surface area contributed by atoms with Crippen LogP contribution < -0.4 is 19.7 Å². The second-order valence-electron chi connectivity index (χ2n) is 8.53. The minimum Gasteiger partial charge on any atom is -0.492 e. The molecule has 2 fully saturated rings. The van der Waals surface area contributed by atoms with Crippen molar-refractivity contribution in [3.8, 4) is 11.5 Å². The predicted octanol–water partition coefficient (Wildman–Crippen LogP) is 4.03. The molecule has 6 heteroatoms. The monoisotopic (exact) mass is 409 g/mol. The highest BCUT2D eigenvalue weighted by Gasteiger charge is 2.26. The Bertz CT molecular complexity index is 880. The summed E-state index contributed by atoms with van der Waals surface area (Å²) in [5, 5.41) is 2.90. The molecule has 30 heavy (non-hydrogen) atoms. The molecule has 1 amide bonds. The second kappa shape index (κ2) is 8.94. The van der Waals surface area contributed by atoms with E-state index in [9.17, 15) is 4.79 Å². The zero-order valence-electron chi connectivity index (χ0n) is 18.1. The van der Waals surface area contributed by atoms with Gasteiger partial charge in [0.1, 0.15) is 23.4 Å². The zero-order valence-corrected chi connectivity index (χ0v) is 18.1. The predicted molar refractivity (Wildman–Crippen MR) is 117 cm³/mol. The Kier molecular flexibility index (Phi) is 6.11. The van der Waals surface area contributed by atoms with Gasteiger partial charge in [-0.1, -0.05) is 12.1 Å². The first kappa shape index (κ1) is 20.5. The molecule has 160 valence electrons. The van der Waals surface area contributed by atoms with E-state index in [1.165, 1.54) is 19.8 Å². The molecule has 1 aliphatic heterocycles. The van der Waals surface area contributed by atoms with Crippen LogP contribution in [0.5, 0.6) is 11.5 Å². The summed E-state index contributed by atoms with van der Waals surface area (Å²) in [5.41, 5.74) is 2.20. The third-order valence-corrected chi connectivity index (χ3v) is 5.76. The molecule has 1 aliphatic carbocycles. The first-order valence-electron chi connectivity index (χ1n) is 10.9. The molecule has 0 bridgehead atoms. The average molecular weight is 410 g/mol. The number of carbonyl (C=O) groups is 1. The third kappa shape index (κ3) is 5.23. The lowest BCUT2D eigenvalue weighted by Gasteiger charge is -2.20. The molecule has 2 atom stereocenters. The van der Waals surface area contributed by atoms with Crippen molar-refractivity contribution in [2.24, 2.45) is 5.92 Å². The lowest BCUT2D eigenvalue weighted by molar-refractivity contribution is -0.119. The molecule has 6 nitrogen and oxygen atoms in total. The van der Waals surface area contributed by atoms with Crippen LogP contribution in [0.2, 0.25) is 0 Å². The molecule has 1 aromatic carbocycles. The van der Waals surface area contributed by atoms with Crippen molar-refractivity contribution in [3.05, 3.63) is 47.7 Å². The van der Waals surface area contributed by atoms with Gasteiger partial charge in [-0.25, -0.2) is 4.98 Å².